The molecule has 3 aromatic rings. The summed E-state index contributed by atoms with van der Waals surface area (Å²) in [5.41, 5.74) is 3.16. The Hall–Kier alpha value is -3.17. The predicted octanol–water partition coefficient (Wildman–Crippen LogP) is 4.94. The number of sulfonamides is 1. The molecule has 7 nitrogen and oxygen atoms in total. The summed E-state index contributed by atoms with van der Waals surface area (Å²) in [5.74, 6) is -0.768. The molecule has 39 heavy (non-hydrogen) atoms. The van der Waals surface area contributed by atoms with Crippen LogP contribution in [0.2, 0.25) is 0 Å². The highest BCUT2D eigenvalue weighted by Crippen LogP contribution is 2.22. The minimum absolute atomic E-state index is 0.133. The molecular weight excluding hydrogens is 578 g/mol. The van der Waals surface area contributed by atoms with Crippen LogP contribution >= 0.6 is 15.9 Å². The first-order valence-corrected chi connectivity index (χ1v) is 15.6. The summed E-state index contributed by atoms with van der Waals surface area (Å²) >= 11 is 3.48. The lowest BCUT2D eigenvalue weighted by Gasteiger charge is -2.34. The van der Waals surface area contributed by atoms with E-state index >= 15 is 0 Å². The molecule has 0 unspecified atom stereocenters. The molecule has 9 heteroatoms. The number of nitrogens with zero attached hydrogens (tertiary/aromatic N) is 2. The van der Waals surface area contributed by atoms with Gasteiger partial charge >= 0.3 is 0 Å². The van der Waals surface area contributed by atoms with E-state index in [0.717, 1.165) is 38.1 Å². The van der Waals surface area contributed by atoms with E-state index in [0.29, 0.717) is 5.69 Å². The summed E-state index contributed by atoms with van der Waals surface area (Å²) in [5, 5.41) is 2.95. The summed E-state index contributed by atoms with van der Waals surface area (Å²) in [6, 6.07) is 23.1. The molecule has 0 saturated heterocycles. The van der Waals surface area contributed by atoms with Gasteiger partial charge in [-0.1, -0.05) is 77.5 Å². The van der Waals surface area contributed by atoms with Crippen molar-refractivity contribution >= 4 is 43.5 Å². The molecule has 1 N–H and O–H groups in total. The van der Waals surface area contributed by atoms with Gasteiger partial charge in [0, 0.05) is 23.5 Å². The molecule has 0 radical (unpaired) electrons. The van der Waals surface area contributed by atoms with E-state index in [1.807, 2.05) is 87.5 Å². The highest BCUT2D eigenvalue weighted by atomic mass is 79.9. The third kappa shape index (κ3) is 8.93. The zero-order chi connectivity index (χ0) is 28.6. The summed E-state index contributed by atoms with van der Waals surface area (Å²) in [4.78, 5) is 29.1. The Morgan fingerprint density at radius 1 is 0.897 bits per heavy atom. The zero-order valence-corrected chi connectivity index (χ0v) is 25.2. The number of benzene rings is 3. The number of carbonyl (C=O) groups excluding carboxylic acids is 2. The van der Waals surface area contributed by atoms with Gasteiger partial charge < -0.3 is 10.2 Å². The molecule has 0 bridgehead atoms. The van der Waals surface area contributed by atoms with E-state index in [9.17, 15) is 18.0 Å². The molecule has 0 heterocycles. The Balaban J connectivity index is 2.04. The average Bonchev–Trinajstić information content (AvgIpc) is 2.89. The van der Waals surface area contributed by atoms with Crippen molar-refractivity contribution < 1.29 is 18.0 Å². The molecular formula is C30H36BrN3O4S. The Kier molecular flexibility index (Phi) is 10.7. The van der Waals surface area contributed by atoms with E-state index in [-0.39, 0.29) is 24.9 Å². The Labute approximate surface area is 240 Å². The number of anilines is 1. The van der Waals surface area contributed by atoms with Gasteiger partial charge in [0.15, 0.2) is 0 Å². The number of aryl methyl sites for hydroxylation is 1. The molecule has 1 atom stereocenters. The highest BCUT2D eigenvalue weighted by Gasteiger charge is 2.33. The van der Waals surface area contributed by atoms with E-state index in [1.165, 1.54) is 4.90 Å². The van der Waals surface area contributed by atoms with Crippen LogP contribution in [-0.4, -0.2) is 50.0 Å². The Bertz CT molecular complexity index is 1360. The molecule has 0 aliphatic rings. The maximum atomic E-state index is 14.0. The second kappa shape index (κ2) is 13.8. The van der Waals surface area contributed by atoms with Crippen LogP contribution in [0.3, 0.4) is 0 Å². The molecule has 0 spiro atoms. The predicted molar refractivity (Wildman–Crippen MR) is 160 cm³/mol. The summed E-state index contributed by atoms with van der Waals surface area (Å²) in [6.07, 6.45) is 2.17. The van der Waals surface area contributed by atoms with E-state index < -0.39 is 28.5 Å². The summed E-state index contributed by atoms with van der Waals surface area (Å²) in [7, 11) is -3.79. The zero-order valence-electron chi connectivity index (χ0n) is 22.8. The first-order chi connectivity index (χ1) is 18.5. The van der Waals surface area contributed by atoms with Crippen molar-refractivity contribution in [2.45, 2.75) is 52.2 Å². The fourth-order valence-electron chi connectivity index (χ4n) is 4.28. The Morgan fingerprint density at radius 2 is 1.54 bits per heavy atom. The van der Waals surface area contributed by atoms with Crippen LogP contribution in [0.4, 0.5) is 5.69 Å². The van der Waals surface area contributed by atoms with Crippen LogP contribution < -0.4 is 9.62 Å². The van der Waals surface area contributed by atoms with Crippen molar-refractivity contribution in [2.75, 3.05) is 17.1 Å². The maximum absolute atomic E-state index is 14.0. The van der Waals surface area contributed by atoms with Gasteiger partial charge in [-0.2, -0.15) is 0 Å². The van der Waals surface area contributed by atoms with Gasteiger partial charge in [-0.15, -0.1) is 0 Å². The third-order valence-corrected chi connectivity index (χ3v) is 7.89. The second-order valence-electron chi connectivity index (χ2n) is 9.81. The van der Waals surface area contributed by atoms with Crippen LogP contribution in [0.1, 0.15) is 37.5 Å². The smallest absolute Gasteiger partial charge is 0.244 e. The van der Waals surface area contributed by atoms with Gasteiger partial charge in [-0.3, -0.25) is 13.9 Å². The number of carbonyl (C=O) groups is 2. The van der Waals surface area contributed by atoms with Gasteiger partial charge in [-0.25, -0.2) is 8.42 Å². The lowest BCUT2D eigenvalue weighted by atomic mass is 10.0. The van der Waals surface area contributed by atoms with Gasteiger partial charge in [0.25, 0.3) is 0 Å². The lowest BCUT2D eigenvalue weighted by Crippen LogP contribution is -2.54. The molecule has 208 valence electrons. The van der Waals surface area contributed by atoms with Gasteiger partial charge in [-0.05, 0) is 61.2 Å². The van der Waals surface area contributed by atoms with Crippen LogP contribution in [0.25, 0.3) is 0 Å². The molecule has 0 aliphatic carbocycles. The van der Waals surface area contributed by atoms with E-state index in [1.54, 1.807) is 12.1 Å². The topological polar surface area (TPSA) is 86.8 Å². The van der Waals surface area contributed by atoms with Crippen LogP contribution in [0, 0.1) is 0 Å². The minimum Gasteiger partial charge on any atom is -0.352 e. The number of rotatable bonds is 12. The van der Waals surface area contributed by atoms with Crippen LogP contribution in [0.15, 0.2) is 83.3 Å². The Morgan fingerprint density at radius 3 is 2.10 bits per heavy atom. The first kappa shape index (κ1) is 30.4. The summed E-state index contributed by atoms with van der Waals surface area (Å²) in [6.45, 7) is 5.45. The van der Waals surface area contributed by atoms with Gasteiger partial charge in [0.2, 0.25) is 21.8 Å². The van der Waals surface area contributed by atoms with Crippen molar-refractivity contribution in [3.63, 3.8) is 0 Å². The monoisotopic (exact) mass is 613 g/mol. The average molecular weight is 615 g/mol. The number of nitrogens with one attached hydrogen (secondary N) is 1. The quantitative estimate of drug-likeness (QED) is 0.313. The largest absolute Gasteiger partial charge is 0.352 e. The molecule has 3 rings (SSSR count). The van der Waals surface area contributed by atoms with E-state index in [2.05, 4.69) is 21.2 Å². The van der Waals surface area contributed by atoms with Crippen LogP contribution in [-0.2, 0) is 39.0 Å². The molecule has 2 amide bonds. The molecule has 0 aliphatic heterocycles. The van der Waals surface area contributed by atoms with Gasteiger partial charge in [0.05, 0.1) is 11.9 Å². The standard InChI is InChI=1S/C30H36BrN3O4S/c1-5-23-14-16-27(17-15-23)34(39(4,37)38)21-29(35)33(20-25-12-9-13-26(31)18-25)28(30(36)32-22(2)3)19-24-10-7-6-8-11-24/h6-18,22,28H,5,19-21H2,1-4H3,(H,32,36)/t28-/m0/s1. The highest BCUT2D eigenvalue weighted by molar-refractivity contribution is 9.10. The van der Waals surface area contributed by atoms with Gasteiger partial charge in [0.1, 0.15) is 12.6 Å². The van der Waals surface area contributed by atoms with Crippen molar-refractivity contribution in [3.8, 4) is 0 Å². The fourth-order valence-corrected chi connectivity index (χ4v) is 5.57. The van der Waals surface area contributed by atoms with Crippen molar-refractivity contribution in [1.82, 2.24) is 10.2 Å². The molecule has 0 fully saturated rings. The maximum Gasteiger partial charge on any atom is 0.244 e. The van der Waals surface area contributed by atoms with Crippen molar-refractivity contribution in [1.29, 1.82) is 0 Å². The van der Waals surface area contributed by atoms with Crippen molar-refractivity contribution in [2.24, 2.45) is 0 Å². The SMILES string of the molecule is CCc1ccc(N(CC(=O)N(Cc2cccc(Br)c2)[C@@H](Cc2ccccc2)C(=O)NC(C)C)S(C)(=O)=O)cc1. The van der Waals surface area contributed by atoms with Crippen molar-refractivity contribution in [3.05, 3.63) is 100 Å². The summed E-state index contributed by atoms with van der Waals surface area (Å²) < 4.78 is 27.7. The van der Waals surface area contributed by atoms with E-state index in [4.69, 9.17) is 0 Å². The fraction of sp³-hybridized carbons (Fsp3) is 0.333. The second-order valence-corrected chi connectivity index (χ2v) is 12.6. The number of amides is 2. The number of hydrogen-bond donors (Lipinski definition) is 1. The number of halogens is 1. The molecule has 3 aromatic carbocycles. The first-order valence-electron chi connectivity index (χ1n) is 12.9. The number of hydrogen-bond acceptors (Lipinski definition) is 4. The molecule has 0 aromatic heterocycles. The minimum atomic E-state index is -3.79. The van der Waals surface area contributed by atoms with Crippen LogP contribution in [0.5, 0.6) is 0 Å². The third-order valence-electron chi connectivity index (χ3n) is 6.26. The lowest BCUT2D eigenvalue weighted by molar-refractivity contribution is -0.140. The normalized spacial score (nSPS) is 12.2. The molecule has 0 saturated carbocycles.